The van der Waals surface area contributed by atoms with Gasteiger partial charge in [-0.2, -0.15) is 4.98 Å². The number of aryl methyl sites for hydroxylation is 2. The average Bonchev–Trinajstić information content (AvgIpc) is 3.32. The summed E-state index contributed by atoms with van der Waals surface area (Å²) < 4.78 is 16.8. The smallest absolute Gasteiger partial charge is 0.296 e. The quantitative estimate of drug-likeness (QED) is 0.375. The van der Waals surface area contributed by atoms with Crippen molar-refractivity contribution in [2.75, 3.05) is 0 Å². The van der Waals surface area contributed by atoms with E-state index in [1.54, 1.807) is 16.7 Å². The van der Waals surface area contributed by atoms with Crippen LogP contribution in [0, 0.1) is 12.7 Å². The first-order valence-corrected chi connectivity index (χ1v) is 11.9. The third-order valence-electron chi connectivity index (χ3n) is 6.21. The molecule has 0 aliphatic carbocycles. The number of hydrogen-bond acceptors (Lipinski definition) is 4. The number of amides is 1. The van der Waals surface area contributed by atoms with Gasteiger partial charge in [0.05, 0.1) is 17.6 Å². The molecule has 36 heavy (non-hydrogen) atoms. The van der Waals surface area contributed by atoms with Crippen LogP contribution < -0.4 is 10.9 Å². The number of carbonyl (C=O) groups is 1. The Morgan fingerprint density at radius 2 is 1.78 bits per heavy atom. The van der Waals surface area contributed by atoms with E-state index in [2.05, 4.69) is 27.5 Å². The standard InChI is InChI=1S/C28H26FN5O2/c1-18-11-14-23-24(15-18)33(17-21-9-6-10-22(29)16-21)28(36)26-31-25(32-34(23)26)27(35)30-19(2)12-13-20-7-4-3-5-8-20/h3-11,14-16,19H,12-13,17H2,1-2H3,(H,30,35)/t19-/m0/s1. The second-order valence-electron chi connectivity index (χ2n) is 9.08. The summed E-state index contributed by atoms with van der Waals surface area (Å²) in [7, 11) is 0. The normalized spacial score (nSPS) is 12.2. The highest BCUT2D eigenvalue weighted by molar-refractivity contribution is 5.91. The summed E-state index contributed by atoms with van der Waals surface area (Å²) in [6.07, 6.45) is 1.58. The fraction of sp³-hybridized carbons (Fsp3) is 0.214. The molecular weight excluding hydrogens is 457 g/mol. The fourth-order valence-electron chi connectivity index (χ4n) is 4.34. The highest BCUT2D eigenvalue weighted by Gasteiger charge is 2.20. The van der Waals surface area contributed by atoms with Crippen molar-refractivity contribution in [3.63, 3.8) is 0 Å². The van der Waals surface area contributed by atoms with E-state index < -0.39 is 11.5 Å². The van der Waals surface area contributed by atoms with Crippen LogP contribution in [0.15, 0.2) is 77.6 Å². The number of halogens is 1. The topological polar surface area (TPSA) is 81.3 Å². The fourth-order valence-corrected chi connectivity index (χ4v) is 4.34. The maximum atomic E-state index is 13.8. The summed E-state index contributed by atoms with van der Waals surface area (Å²) in [5.74, 6) is -0.871. The molecule has 0 fully saturated rings. The van der Waals surface area contributed by atoms with Crippen LogP contribution in [-0.4, -0.2) is 31.1 Å². The second-order valence-corrected chi connectivity index (χ2v) is 9.08. The van der Waals surface area contributed by atoms with Crippen LogP contribution >= 0.6 is 0 Å². The largest absolute Gasteiger partial charge is 0.347 e. The molecule has 2 heterocycles. The second kappa shape index (κ2) is 9.73. The predicted molar refractivity (Wildman–Crippen MR) is 137 cm³/mol. The van der Waals surface area contributed by atoms with Gasteiger partial charge in [-0.05, 0) is 67.6 Å². The molecule has 0 saturated carbocycles. The van der Waals surface area contributed by atoms with Gasteiger partial charge in [-0.25, -0.2) is 8.91 Å². The van der Waals surface area contributed by atoms with E-state index in [1.165, 1.54) is 22.2 Å². The monoisotopic (exact) mass is 483 g/mol. The molecule has 8 heteroatoms. The van der Waals surface area contributed by atoms with E-state index in [1.807, 2.05) is 50.2 Å². The van der Waals surface area contributed by atoms with E-state index in [0.717, 1.165) is 18.4 Å². The Labute approximate surface area is 207 Å². The van der Waals surface area contributed by atoms with Gasteiger partial charge in [0.1, 0.15) is 5.82 Å². The van der Waals surface area contributed by atoms with Gasteiger partial charge in [0.2, 0.25) is 11.5 Å². The predicted octanol–water partition coefficient (Wildman–Crippen LogP) is 4.29. The van der Waals surface area contributed by atoms with Crippen LogP contribution in [0.3, 0.4) is 0 Å². The molecule has 182 valence electrons. The van der Waals surface area contributed by atoms with Crippen molar-refractivity contribution >= 4 is 22.6 Å². The van der Waals surface area contributed by atoms with Crippen molar-refractivity contribution in [3.8, 4) is 0 Å². The molecule has 3 aromatic carbocycles. The summed E-state index contributed by atoms with van der Waals surface area (Å²) >= 11 is 0. The van der Waals surface area contributed by atoms with Gasteiger partial charge in [0.15, 0.2) is 0 Å². The molecule has 1 atom stereocenters. The number of nitrogens with zero attached hydrogens (tertiary/aromatic N) is 4. The van der Waals surface area contributed by atoms with Gasteiger partial charge in [-0.1, -0.05) is 48.5 Å². The summed E-state index contributed by atoms with van der Waals surface area (Å²) in [6.45, 7) is 4.02. The molecular formula is C28H26FN5O2. The first kappa shape index (κ1) is 23.4. The lowest BCUT2D eigenvalue weighted by Gasteiger charge is -2.12. The lowest BCUT2D eigenvalue weighted by Crippen LogP contribution is -2.33. The molecule has 1 amide bonds. The molecule has 0 spiro atoms. The molecule has 0 aliphatic heterocycles. The van der Waals surface area contributed by atoms with E-state index in [4.69, 9.17) is 0 Å². The Morgan fingerprint density at radius 1 is 1.00 bits per heavy atom. The van der Waals surface area contributed by atoms with Crippen molar-refractivity contribution in [1.82, 2.24) is 24.5 Å². The number of hydrogen-bond donors (Lipinski definition) is 1. The van der Waals surface area contributed by atoms with E-state index in [0.29, 0.717) is 16.6 Å². The Bertz CT molecular complexity index is 1620. The summed E-state index contributed by atoms with van der Waals surface area (Å²) in [4.78, 5) is 30.7. The molecule has 7 nitrogen and oxygen atoms in total. The molecule has 0 radical (unpaired) electrons. The molecule has 5 aromatic rings. The molecule has 0 bridgehead atoms. The van der Waals surface area contributed by atoms with Crippen LogP contribution in [0.1, 0.15) is 40.7 Å². The Hall–Kier alpha value is -4.33. The highest BCUT2D eigenvalue weighted by Crippen LogP contribution is 2.18. The number of fused-ring (bicyclic) bond motifs is 3. The average molecular weight is 484 g/mol. The van der Waals surface area contributed by atoms with Crippen LogP contribution in [0.25, 0.3) is 16.7 Å². The van der Waals surface area contributed by atoms with Crippen LogP contribution in [-0.2, 0) is 13.0 Å². The van der Waals surface area contributed by atoms with Gasteiger partial charge >= 0.3 is 0 Å². The van der Waals surface area contributed by atoms with Gasteiger partial charge < -0.3 is 5.32 Å². The summed E-state index contributed by atoms with van der Waals surface area (Å²) in [5, 5.41) is 7.32. The minimum Gasteiger partial charge on any atom is -0.347 e. The summed E-state index contributed by atoms with van der Waals surface area (Å²) in [5.41, 5.74) is 3.71. The SMILES string of the molecule is Cc1ccc2c(c1)n(Cc1cccc(F)c1)c(=O)c1nc(C(=O)N[C@@H](C)CCc3ccccc3)nn12. The summed E-state index contributed by atoms with van der Waals surface area (Å²) in [6, 6.07) is 21.7. The zero-order valence-corrected chi connectivity index (χ0v) is 20.1. The third kappa shape index (κ3) is 4.75. The van der Waals surface area contributed by atoms with E-state index >= 15 is 0 Å². The van der Waals surface area contributed by atoms with Gasteiger partial charge in [0, 0.05) is 6.04 Å². The Morgan fingerprint density at radius 3 is 2.56 bits per heavy atom. The molecule has 1 N–H and O–H groups in total. The van der Waals surface area contributed by atoms with Crippen molar-refractivity contribution in [1.29, 1.82) is 0 Å². The zero-order chi connectivity index (χ0) is 25.2. The van der Waals surface area contributed by atoms with E-state index in [-0.39, 0.29) is 29.9 Å². The molecule has 0 saturated heterocycles. The van der Waals surface area contributed by atoms with Crippen molar-refractivity contribution < 1.29 is 9.18 Å². The van der Waals surface area contributed by atoms with E-state index in [9.17, 15) is 14.0 Å². The maximum Gasteiger partial charge on any atom is 0.296 e. The molecule has 5 rings (SSSR count). The first-order chi connectivity index (χ1) is 17.4. The minimum atomic E-state index is -0.435. The van der Waals surface area contributed by atoms with Crippen molar-refractivity contribution in [2.24, 2.45) is 0 Å². The lowest BCUT2D eigenvalue weighted by atomic mass is 10.1. The zero-order valence-electron chi connectivity index (χ0n) is 20.1. The van der Waals surface area contributed by atoms with Crippen LogP contribution in [0.2, 0.25) is 0 Å². The van der Waals surface area contributed by atoms with Gasteiger partial charge in [-0.15, -0.1) is 5.10 Å². The van der Waals surface area contributed by atoms with Crippen LogP contribution in [0.4, 0.5) is 4.39 Å². The van der Waals surface area contributed by atoms with Crippen molar-refractivity contribution in [2.45, 2.75) is 39.3 Å². The lowest BCUT2D eigenvalue weighted by molar-refractivity contribution is 0.0928. The van der Waals surface area contributed by atoms with Gasteiger partial charge in [0.25, 0.3) is 11.5 Å². The minimum absolute atomic E-state index is 0.0462. The number of aromatic nitrogens is 4. The third-order valence-corrected chi connectivity index (χ3v) is 6.21. The maximum absolute atomic E-state index is 13.8. The van der Waals surface area contributed by atoms with Crippen LogP contribution in [0.5, 0.6) is 0 Å². The Balaban J connectivity index is 1.48. The number of benzene rings is 3. The Kier molecular flexibility index (Phi) is 6.33. The number of nitrogens with one attached hydrogen (secondary N) is 1. The number of carbonyl (C=O) groups excluding carboxylic acids is 1. The molecule has 0 unspecified atom stereocenters. The van der Waals surface area contributed by atoms with Crippen molar-refractivity contribution in [3.05, 3.63) is 111 Å². The first-order valence-electron chi connectivity index (χ1n) is 11.9. The number of rotatable bonds is 7. The van der Waals surface area contributed by atoms with Gasteiger partial charge in [-0.3, -0.25) is 14.2 Å². The molecule has 0 aliphatic rings. The highest BCUT2D eigenvalue weighted by atomic mass is 19.1. The molecule has 2 aromatic heterocycles.